The van der Waals surface area contributed by atoms with Crippen LogP contribution in [-0.2, 0) is 9.53 Å². The Morgan fingerprint density at radius 3 is 2.81 bits per heavy atom. The summed E-state index contributed by atoms with van der Waals surface area (Å²) in [7, 11) is 2.89. The minimum absolute atomic E-state index is 0.408. The molecule has 1 aliphatic rings. The molecule has 9 nitrogen and oxygen atoms in total. The second-order valence-corrected chi connectivity index (χ2v) is 6.33. The first-order valence-electron chi connectivity index (χ1n) is 7.86. The number of hydrogen-bond donors (Lipinski definition) is 1. The number of tetrazole rings is 1. The molecule has 0 unspecified atom stereocenters. The SMILES string of the molecule is CCOc1c(Br)cc([C@@H]2C(C(=O)OC)=C(C)Nc3nnnn32)cc1OC. The summed E-state index contributed by atoms with van der Waals surface area (Å²) in [5.74, 6) is 1.09. The van der Waals surface area contributed by atoms with Gasteiger partial charge < -0.3 is 19.5 Å². The lowest BCUT2D eigenvalue weighted by molar-refractivity contribution is -0.136. The first kappa shape index (κ1) is 18.2. The Labute approximate surface area is 158 Å². The van der Waals surface area contributed by atoms with E-state index >= 15 is 0 Å². The molecule has 26 heavy (non-hydrogen) atoms. The van der Waals surface area contributed by atoms with Crippen LogP contribution in [0.5, 0.6) is 11.5 Å². The number of carbonyl (C=O) groups is 1. The standard InChI is InChI=1S/C16H18BrN5O4/c1-5-26-14-10(17)6-9(7-11(14)24-3)13-12(15(23)25-4)8(2)18-16-19-20-21-22(13)16/h6-7,13H,5H2,1-4H3,(H,18,19,21)/t13-/m1/s1. The van der Waals surface area contributed by atoms with Crippen molar-refractivity contribution in [3.05, 3.63) is 33.4 Å². The van der Waals surface area contributed by atoms with Gasteiger partial charge in [-0.05, 0) is 57.9 Å². The highest BCUT2D eigenvalue weighted by molar-refractivity contribution is 9.10. The number of anilines is 1. The average Bonchev–Trinajstić information content (AvgIpc) is 3.09. The fourth-order valence-electron chi connectivity index (χ4n) is 2.88. The molecule has 0 saturated heterocycles. The van der Waals surface area contributed by atoms with Gasteiger partial charge in [-0.3, -0.25) is 0 Å². The van der Waals surface area contributed by atoms with Crippen molar-refractivity contribution in [1.82, 2.24) is 20.2 Å². The molecule has 1 N–H and O–H groups in total. The maximum Gasteiger partial charge on any atom is 0.338 e. The third-order valence-electron chi connectivity index (χ3n) is 3.98. The lowest BCUT2D eigenvalue weighted by atomic mass is 9.95. The Morgan fingerprint density at radius 1 is 1.38 bits per heavy atom. The minimum atomic E-state index is -0.574. The molecule has 2 heterocycles. The fourth-order valence-corrected chi connectivity index (χ4v) is 3.45. The first-order valence-corrected chi connectivity index (χ1v) is 8.65. The Morgan fingerprint density at radius 2 is 2.15 bits per heavy atom. The Bertz CT molecular complexity index is 880. The number of aromatic nitrogens is 4. The summed E-state index contributed by atoms with van der Waals surface area (Å²) in [6, 6.07) is 3.08. The normalized spacial score (nSPS) is 16.0. The molecule has 10 heteroatoms. The van der Waals surface area contributed by atoms with Crippen molar-refractivity contribution in [2.45, 2.75) is 19.9 Å². The second kappa shape index (κ2) is 7.32. The van der Waals surface area contributed by atoms with Crippen molar-refractivity contribution >= 4 is 27.8 Å². The predicted molar refractivity (Wildman–Crippen MR) is 96.2 cm³/mol. The lowest BCUT2D eigenvalue weighted by Crippen LogP contribution is -2.29. The van der Waals surface area contributed by atoms with Crippen LogP contribution in [0.2, 0.25) is 0 Å². The van der Waals surface area contributed by atoms with Gasteiger partial charge in [0.05, 0.1) is 30.9 Å². The molecule has 0 saturated carbocycles. The van der Waals surface area contributed by atoms with Gasteiger partial charge in [0.2, 0.25) is 5.95 Å². The topological polar surface area (TPSA) is 100 Å². The van der Waals surface area contributed by atoms with E-state index in [0.29, 0.717) is 39.8 Å². The monoisotopic (exact) mass is 423 g/mol. The number of allylic oxidation sites excluding steroid dienone is 1. The summed E-state index contributed by atoms with van der Waals surface area (Å²) >= 11 is 3.51. The minimum Gasteiger partial charge on any atom is -0.493 e. The van der Waals surface area contributed by atoms with Crippen LogP contribution in [0.3, 0.4) is 0 Å². The van der Waals surface area contributed by atoms with E-state index in [1.54, 1.807) is 20.1 Å². The fraction of sp³-hybridized carbons (Fsp3) is 0.375. The van der Waals surface area contributed by atoms with Gasteiger partial charge in [0.25, 0.3) is 0 Å². The summed E-state index contributed by atoms with van der Waals surface area (Å²) in [4.78, 5) is 12.4. The number of esters is 1. The van der Waals surface area contributed by atoms with E-state index in [0.717, 1.165) is 5.56 Å². The number of methoxy groups -OCH3 is 2. The molecule has 0 amide bonds. The molecule has 0 bridgehead atoms. The van der Waals surface area contributed by atoms with E-state index in [1.165, 1.54) is 11.8 Å². The number of ether oxygens (including phenoxy) is 3. The van der Waals surface area contributed by atoms with Crippen molar-refractivity contribution < 1.29 is 19.0 Å². The van der Waals surface area contributed by atoms with Crippen LogP contribution in [0.25, 0.3) is 0 Å². The molecule has 0 spiro atoms. The number of fused-ring (bicyclic) bond motifs is 1. The molecule has 1 atom stereocenters. The van der Waals surface area contributed by atoms with Crippen LogP contribution >= 0.6 is 15.9 Å². The summed E-state index contributed by atoms with van der Waals surface area (Å²) in [6.07, 6.45) is 0. The van der Waals surface area contributed by atoms with E-state index in [4.69, 9.17) is 14.2 Å². The molecule has 1 aromatic carbocycles. The molecule has 2 aromatic rings. The van der Waals surface area contributed by atoms with Crippen LogP contribution in [0, 0.1) is 0 Å². The van der Waals surface area contributed by atoms with Crippen LogP contribution in [0.15, 0.2) is 27.9 Å². The van der Waals surface area contributed by atoms with Crippen molar-refractivity contribution in [2.24, 2.45) is 0 Å². The van der Waals surface area contributed by atoms with Gasteiger partial charge in [0.15, 0.2) is 11.5 Å². The zero-order valence-electron chi connectivity index (χ0n) is 14.7. The van der Waals surface area contributed by atoms with E-state index in [9.17, 15) is 4.79 Å². The number of nitrogens with one attached hydrogen (secondary N) is 1. The first-order chi connectivity index (χ1) is 12.5. The highest BCUT2D eigenvalue weighted by Crippen LogP contribution is 2.42. The molecular weight excluding hydrogens is 406 g/mol. The van der Waals surface area contributed by atoms with Crippen molar-refractivity contribution in [2.75, 3.05) is 26.1 Å². The van der Waals surface area contributed by atoms with Gasteiger partial charge >= 0.3 is 5.97 Å². The van der Waals surface area contributed by atoms with Crippen molar-refractivity contribution in [1.29, 1.82) is 0 Å². The van der Waals surface area contributed by atoms with Crippen molar-refractivity contribution in [3.8, 4) is 11.5 Å². The average molecular weight is 424 g/mol. The largest absolute Gasteiger partial charge is 0.493 e. The Kier molecular flexibility index (Phi) is 5.12. The summed E-state index contributed by atoms with van der Waals surface area (Å²) < 4.78 is 18.3. The number of hydrogen-bond acceptors (Lipinski definition) is 8. The number of benzene rings is 1. The maximum absolute atomic E-state index is 12.4. The van der Waals surface area contributed by atoms with Crippen LogP contribution < -0.4 is 14.8 Å². The van der Waals surface area contributed by atoms with E-state index in [-0.39, 0.29) is 0 Å². The molecule has 0 radical (unpaired) electrons. The zero-order chi connectivity index (χ0) is 18.8. The molecule has 0 aliphatic carbocycles. The van der Waals surface area contributed by atoms with Crippen molar-refractivity contribution in [3.63, 3.8) is 0 Å². The third kappa shape index (κ3) is 3.00. The maximum atomic E-state index is 12.4. The van der Waals surface area contributed by atoms with E-state index in [1.807, 2.05) is 13.0 Å². The van der Waals surface area contributed by atoms with Crippen LogP contribution in [-0.4, -0.2) is 47.0 Å². The van der Waals surface area contributed by atoms with Crippen LogP contribution in [0.4, 0.5) is 5.95 Å². The van der Waals surface area contributed by atoms with Gasteiger partial charge in [0, 0.05) is 5.70 Å². The second-order valence-electron chi connectivity index (χ2n) is 5.47. The zero-order valence-corrected chi connectivity index (χ0v) is 16.3. The third-order valence-corrected chi connectivity index (χ3v) is 4.56. The quantitative estimate of drug-likeness (QED) is 0.730. The number of nitrogens with zero attached hydrogens (tertiary/aromatic N) is 4. The molecular formula is C16H18BrN5O4. The lowest BCUT2D eigenvalue weighted by Gasteiger charge is -2.27. The smallest absolute Gasteiger partial charge is 0.338 e. The predicted octanol–water partition coefficient (Wildman–Crippen LogP) is 2.30. The number of rotatable bonds is 5. The molecule has 3 rings (SSSR count). The van der Waals surface area contributed by atoms with Crippen LogP contribution in [0.1, 0.15) is 25.5 Å². The van der Waals surface area contributed by atoms with Gasteiger partial charge in [-0.15, -0.1) is 0 Å². The highest BCUT2D eigenvalue weighted by Gasteiger charge is 2.35. The number of carbonyl (C=O) groups excluding carboxylic acids is 1. The van der Waals surface area contributed by atoms with Gasteiger partial charge in [-0.25, -0.2) is 4.79 Å². The highest BCUT2D eigenvalue weighted by atomic mass is 79.9. The van der Waals surface area contributed by atoms with E-state index < -0.39 is 12.0 Å². The molecule has 1 aromatic heterocycles. The van der Waals surface area contributed by atoms with Gasteiger partial charge in [-0.1, -0.05) is 5.10 Å². The Hall–Kier alpha value is -2.62. The van der Waals surface area contributed by atoms with Gasteiger partial charge in [0.1, 0.15) is 6.04 Å². The van der Waals surface area contributed by atoms with Gasteiger partial charge in [-0.2, -0.15) is 4.68 Å². The molecule has 0 fully saturated rings. The number of halogens is 1. The molecule has 1 aliphatic heterocycles. The summed E-state index contributed by atoms with van der Waals surface area (Å²) in [5, 5.41) is 14.7. The molecule has 138 valence electrons. The van der Waals surface area contributed by atoms with E-state index in [2.05, 4.69) is 36.8 Å². The summed E-state index contributed by atoms with van der Waals surface area (Å²) in [5.41, 5.74) is 1.77. The summed E-state index contributed by atoms with van der Waals surface area (Å²) in [6.45, 7) is 4.16. The Balaban J connectivity index is 2.20.